The van der Waals surface area contributed by atoms with Crippen LogP contribution >= 0.6 is 0 Å². The maximum Gasteiger partial charge on any atom is 0.123 e. The van der Waals surface area contributed by atoms with Gasteiger partial charge in [0.05, 0.1) is 6.61 Å². The summed E-state index contributed by atoms with van der Waals surface area (Å²) in [6.45, 7) is 7.25. The molecule has 0 aliphatic carbocycles. The van der Waals surface area contributed by atoms with Crippen LogP contribution in [0.1, 0.15) is 18.9 Å². The second-order valence-electron chi connectivity index (χ2n) is 4.46. The van der Waals surface area contributed by atoms with E-state index >= 15 is 0 Å². The molecule has 0 radical (unpaired) electrons. The molecule has 1 atom stereocenters. The van der Waals surface area contributed by atoms with E-state index in [0.717, 1.165) is 25.2 Å². The van der Waals surface area contributed by atoms with E-state index in [2.05, 4.69) is 19.6 Å². The first-order valence-corrected chi connectivity index (χ1v) is 5.69. The zero-order valence-corrected chi connectivity index (χ0v) is 9.74. The van der Waals surface area contributed by atoms with E-state index in [1.165, 1.54) is 5.56 Å². The van der Waals surface area contributed by atoms with Gasteiger partial charge in [0.2, 0.25) is 0 Å². The molecular formula is C14H18O2. The fourth-order valence-corrected chi connectivity index (χ4v) is 1.55. The lowest BCUT2D eigenvalue weighted by molar-refractivity contribution is 0.201. The van der Waals surface area contributed by atoms with Crippen LogP contribution in [0, 0.1) is 0 Å². The predicted octanol–water partition coefficient (Wildman–Crippen LogP) is 2.97. The first-order valence-electron chi connectivity index (χ1n) is 5.69. The molecule has 1 saturated heterocycles. The van der Waals surface area contributed by atoms with Crippen molar-refractivity contribution in [3.05, 3.63) is 42.5 Å². The summed E-state index contributed by atoms with van der Waals surface area (Å²) in [5, 5.41) is 0. The van der Waals surface area contributed by atoms with Gasteiger partial charge in [0.1, 0.15) is 18.0 Å². The Morgan fingerprint density at radius 1 is 1.50 bits per heavy atom. The zero-order valence-electron chi connectivity index (χ0n) is 9.74. The highest BCUT2D eigenvalue weighted by Crippen LogP contribution is 2.28. The van der Waals surface area contributed by atoms with Crippen molar-refractivity contribution < 1.29 is 9.47 Å². The summed E-state index contributed by atoms with van der Waals surface area (Å²) in [5.74, 6) is 0.973. The first-order chi connectivity index (χ1) is 7.73. The zero-order chi connectivity index (χ0) is 11.4. The van der Waals surface area contributed by atoms with E-state index in [-0.39, 0.29) is 5.60 Å². The third-order valence-corrected chi connectivity index (χ3v) is 2.76. The molecular weight excluding hydrogens is 200 g/mol. The van der Waals surface area contributed by atoms with Gasteiger partial charge < -0.3 is 9.47 Å². The molecule has 0 aromatic heterocycles. The van der Waals surface area contributed by atoms with Crippen LogP contribution in [-0.4, -0.2) is 18.8 Å². The van der Waals surface area contributed by atoms with E-state index < -0.39 is 0 Å². The van der Waals surface area contributed by atoms with Crippen molar-refractivity contribution in [2.24, 2.45) is 0 Å². The molecule has 1 heterocycles. The van der Waals surface area contributed by atoms with Crippen LogP contribution in [0.5, 0.6) is 5.75 Å². The molecule has 1 unspecified atom stereocenters. The molecule has 1 aromatic rings. The third-order valence-electron chi connectivity index (χ3n) is 2.76. The number of epoxide rings is 1. The molecule has 0 bridgehead atoms. The monoisotopic (exact) mass is 218 g/mol. The molecule has 0 amide bonds. The summed E-state index contributed by atoms with van der Waals surface area (Å²) in [5.41, 5.74) is 1.19. The molecule has 1 aliphatic heterocycles. The Balaban J connectivity index is 1.97. The van der Waals surface area contributed by atoms with Crippen LogP contribution in [0.25, 0.3) is 0 Å². The summed E-state index contributed by atoms with van der Waals surface area (Å²) in [7, 11) is 0. The summed E-state index contributed by atoms with van der Waals surface area (Å²) in [6, 6.07) is 8.17. The van der Waals surface area contributed by atoms with Crippen LogP contribution in [0.15, 0.2) is 36.9 Å². The standard InChI is InChI=1S/C14H18O2/c1-3-4-7-12-8-5-6-9-13(12)15-10-14(2)11-16-14/h3,5-6,8-9H,1,4,7,10-11H2,2H3. The molecule has 0 N–H and O–H groups in total. The van der Waals surface area contributed by atoms with Gasteiger partial charge in [-0.15, -0.1) is 6.58 Å². The van der Waals surface area contributed by atoms with E-state index in [1.807, 2.05) is 24.3 Å². The number of rotatable bonds is 6. The van der Waals surface area contributed by atoms with Crippen LogP contribution < -0.4 is 4.74 Å². The number of hydrogen-bond acceptors (Lipinski definition) is 2. The van der Waals surface area contributed by atoms with Crippen LogP contribution in [-0.2, 0) is 11.2 Å². The fraction of sp³-hybridized carbons (Fsp3) is 0.429. The summed E-state index contributed by atoms with van der Waals surface area (Å²) >= 11 is 0. The molecule has 86 valence electrons. The largest absolute Gasteiger partial charge is 0.490 e. The Labute approximate surface area is 96.9 Å². The van der Waals surface area contributed by atoms with Crippen molar-refractivity contribution in [1.29, 1.82) is 0 Å². The Kier molecular flexibility index (Phi) is 3.30. The van der Waals surface area contributed by atoms with Crippen molar-refractivity contribution in [1.82, 2.24) is 0 Å². The van der Waals surface area contributed by atoms with Crippen LogP contribution in [0.3, 0.4) is 0 Å². The summed E-state index contributed by atoms with van der Waals surface area (Å²) in [6.07, 6.45) is 3.90. The number of hydrogen-bond donors (Lipinski definition) is 0. The molecule has 1 aliphatic rings. The molecule has 16 heavy (non-hydrogen) atoms. The lowest BCUT2D eigenvalue weighted by atomic mass is 10.1. The minimum atomic E-state index is -0.0501. The predicted molar refractivity (Wildman–Crippen MR) is 64.8 cm³/mol. The van der Waals surface area contributed by atoms with Crippen molar-refractivity contribution in [2.75, 3.05) is 13.2 Å². The third kappa shape index (κ3) is 2.86. The van der Waals surface area contributed by atoms with Crippen molar-refractivity contribution in [2.45, 2.75) is 25.4 Å². The molecule has 0 spiro atoms. The van der Waals surface area contributed by atoms with E-state index in [9.17, 15) is 0 Å². The second kappa shape index (κ2) is 4.71. The minimum Gasteiger partial charge on any atom is -0.490 e. The van der Waals surface area contributed by atoms with Crippen LogP contribution in [0.2, 0.25) is 0 Å². The van der Waals surface area contributed by atoms with Crippen molar-refractivity contribution >= 4 is 0 Å². The average molecular weight is 218 g/mol. The quantitative estimate of drug-likeness (QED) is 0.541. The highest BCUT2D eigenvalue weighted by molar-refractivity contribution is 5.33. The van der Waals surface area contributed by atoms with Gasteiger partial charge in [0, 0.05) is 0 Å². The molecule has 2 heteroatoms. The van der Waals surface area contributed by atoms with Gasteiger partial charge in [0.25, 0.3) is 0 Å². The van der Waals surface area contributed by atoms with Crippen molar-refractivity contribution in [3.8, 4) is 5.75 Å². The fourth-order valence-electron chi connectivity index (χ4n) is 1.55. The maximum absolute atomic E-state index is 5.80. The average Bonchev–Trinajstić information content (AvgIpc) is 3.04. The molecule has 2 rings (SSSR count). The Hall–Kier alpha value is -1.28. The highest BCUT2D eigenvalue weighted by atomic mass is 16.6. The molecule has 1 aromatic carbocycles. The SMILES string of the molecule is C=CCCc1ccccc1OCC1(C)CO1. The number of para-hydroxylation sites is 1. The Morgan fingerprint density at radius 2 is 2.25 bits per heavy atom. The molecule has 2 nitrogen and oxygen atoms in total. The summed E-state index contributed by atoms with van der Waals surface area (Å²) in [4.78, 5) is 0. The second-order valence-corrected chi connectivity index (χ2v) is 4.46. The van der Waals surface area contributed by atoms with Crippen molar-refractivity contribution in [3.63, 3.8) is 0 Å². The first kappa shape index (κ1) is 11.2. The molecule has 0 saturated carbocycles. The van der Waals surface area contributed by atoms with Crippen LogP contribution in [0.4, 0.5) is 0 Å². The van der Waals surface area contributed by atoms with E-state index in [1.54, 1.807) is 0 Å². The van der Waals surface area contributed by atoms with E-state index in [0.29, 0.717) is 6.61 Å². The Bertz CT molecular complexity index is 367. The lowest BCUT2D eigenvalue weighted by Gasteiger charge is -2.12. The van der Waals surface area contributed by atoms with Gasteiger partial charge in [-0.3, -0.25) is 0 Å². The van der Waals surface area contributed by atoms with Gasteiger partial charge in [-0.1, -0.05) is 24.3 Å². The molecule has 1 fully saturated rings. The van der Waals surface area contributed by atoms with Gasteiger partial charge >= 0.3 is 0 Å². The normalized spacial score (nSPS) is 22.8. The van der Waals surface area contributed by atoms with Gasteiger partial charge in [-0.05, 0) is 31.4 Å². The highest BCUT2D eigenvalue weighted by Gasteiger charge is 2.40. The number of ether oxygens (including phenoxy) is 2. The number of aryl methyl sites for hydroxylation is 1. The van der Waals surface area contributed by atoms with E-state index in [4.69, 9.17) is 9.47 Å². The Morgan fingerprint density at radius 3 is 2.94 bits per heavy atom. The number of allylic oxidation sites excluding steroid dienone is 1. The van der Waals surface area contributed by atoms with Gasteiger partial charge in [-0.2, -0.15) is 0 Å². The maximum atomic E-state index is 5.80. The van der Waals surface area contributed by atoms with Gasteiger partial charge in [0.15, 0.2) is 0 Å². The summed E-state index contributed by atoms with van der Waals surface area (Å²) < 4.78 is 11.1. The lowest BCUT2D eigenvalue weighted by Crippen LogP contribution is -2.17. The topological polar surface area (TPSA) is 21.8 Å². The smallest absolute Gasteiger partial charge is 0.123 e. The number of benzene rings is 1. The minimum absolute atomic E-state index is 0.0501. The van der Waals surface area contributed by atoms with Gasteiger partial charge in [-0.25, -0.2) is 0 Å².